The number of rotatable bonds is 10. The van der Waals surface area contributed by atoms with Crippen molar-refractivity contribution in [3.8, 4) is 0 Å². The average molecular weight is 301 g/mol. The molecule has 0 aliphatic heterocycles. The maximum atomic E-state index is 12.5. The summed E-state index contributed by atoms with van der Waals surface area (Å²) < 4.78 is 12.5. The van der Waals surface area contributed by atoms with Crippen LogP contribution in [0, 0.1) is 22.7 Å². The van der Waals surface area contributed by atoms with E-state index in [1.807, 2.05) is 0 Å². The van der Waals surface area contributed by atoms with Crippen LogP contribution in [0.2, 0.25) is 0 Å². The zero-order chi connectivity index (χ0) is 16.0. The van der Waals surface area contributed by atoms with Crippen molar-refractivity contribution < 1.29 is 4.57 Å². The third-order valence-corrected chi connectivity index (χ3v) is 6.42. The zero-order valence-electron chi connectivity index (χ0n) is 15.3. The van der Waals surface area contributed by atoms with E-state index in [2.05, 4.69) is 55.4 Å². The first-order valence-electron chi connectivity index (χ1n) is 8.36. The molecule has 20 heavy (non-hydrogen) atoms. The Balaban J connectivity index is 4.25. The summed E-state index contributed by atoms with van der Waals surface area (Å²) in [6, 6.07) is 0. The van der Waals surface area contributed by atoms with E-state index in [9.17, 15) is 4.57 Å². The fraction of sp³-hybridized carbons (Fsp3) is 1.00. The minimum Gasteiger partial charge on any atom is -0.0748 e. The highest BCUT2D eigenvalue weighted by Gasteiger charge is 2.35. The summed E-state index contributed by atoms with van der Waals surface area (Å²) in [5.74, 6) is 1.49. The standard InChI is InChI=1S/C18H38OP/c1-15(2)9-11-17(5,6)13-20(19)14-18(7,8)12-10-16(3)4/h15-16H,9-14H2,1-8H3/q+1. The molecule has 0 heterocycles. The quantitative estimate of drug-likeness (QED) is 0.408. The molecule has 0 radical (unpaired) electrons. The third kappa shape index (κ3) is 10.8. The Morgan fingerprint density at radius 3 is 1.30 bits per heavy atom. The minimum absolute atomic E-state index is 0.228. The summed E-state index contributed by atoms with van der Waals surface area (Å²) in [6.07, 6.45) is 6.65. The molecular weight excluding hydrogens is 263 g/mol. The fourth-order valence-corrected chi connectivity index (χ4v) is 4.87. The molecule has 0 rings (SSSR count). The van der Waals surface area contributed by atoms with E-state index in [0.717, 1.165) is 24.2 Å². The van der Waals surface area contributed by atoms with Gasteiger partial charge in [-0.15, -0.1) is 0 Å². The molecule has 0 N–H and O–H groups in total. The number of hydrogen-bond donors (Lipinski definition) is 0. The highest BCUT2D eigenvalue weighted by Crippen LogP contribution is 2.41. The Morgan fingerprint density at radius 1 is 0.750 bits per heavy atom. The van der Waals surface area contributed by atoms with Gasteiger partial charge in [0, 0.05) is 10.8 Å². The van der Waals surface area contributed by atoms with Crippen molar-refractivity contribution in [2.45, 2.75) is 81.1 Å². The van der Waals surface area contributed by atoms with Crippen LogP contribution in [0.3, 0.4) is 0 Å². The normalized spacial score (nSPS) is 13.3. The molecule has 0 amide bonds. The van der Waals surface area contributed by atoms with E-state index in [1.165, 1.54) is 25.7 Å². The van der Waals surface area contributed by atoms with E-state index in [-0.39, 0.29) is 10.8 Å². The van der Waals surface area contributed by atoms with Crippen LogP contribution in [0.1, 0.15) is 81.1 Å². The van der Waals surface area contributed by atoms with Gasteiger partial charge >= 0.3 is 7.80 Å². The lowest BCUT2D eigenvalue weighted by molar-refractivity contribution is 0.327. The van der Waals surface area contributed by atoms with E-state index in [0.29, 0.717) is 0 Å². The first-order chi connectivity index (χ1) is 8.93. The molecule has 0 aromatic carbocycles. The Kier molecular flexibility index (Phi) is 8.56. The van der Waals surface area contributed by atoms with Crippen molar-refractivity contribution in [1.82, 2.24) is 0 Å². The van der Waals surface area contributed by atoms with Crippen molar-refractivity contribution in [3.05, 3.63) is 0 Å². The molecule has 0 saturated carbocycles. The summed E-state index contributed by atoms with van der Waals surface area (Å²) in [4.78, 5) is 0. The highest BCUT2D eigenvalue weighted by atomic mass is 31.1. The summed E-state index contributed by atoms with van der Waals surface area (Å²) in [5.41, 5.74) is 0.456. The largest absolute Gasteiger partial charge is 0.339 e. The van der Waals surface area contributed by atoms with Crippen LogP contribution in [0.25, 0.3) is 0 Å². The van der Waals surface area contributed by atoms with Gasteiger partial charge in [-0.3, -0.25) is 0 Å². The molecule has 0 aliphatic rings. The summed E-state index contributed by atoms with van der Waals surface area (Å²) in [6.45, 7) is 18.2. The molecule has 0 unspecified atom stereocenters. The Labute approximate surface area is 129 Å². The predicted octanol–water partition coefficient (Wildman–Crippen LogP) is 6.74. The van der Waals surface area contributed by atoms with Gasteiger partial charge in [0.15, 0.2) is 12.3 Å². The van der Waals surface area contributed by atoms with Gasteiger partial charge in [0.2, 0.25) is 0 Å². The lowest BCUT2D eigenvalue weighted by atomic mass is 9.87. The first kappa shape index (κ1) is 20.1. The first-order valence-corrected chi connectivity index (χ1v) is 9.99. The maximum absolute atomic E-state index is 12.5. The second kappa shape index (κ2) is 8.52. The molecule has 0 saturated heterocycles. The van der Waals surface area contributed by atoms with Crippen molar-refractivity contribution >= 4 is 7.80 Å². The van der Waals surface area contributed by atoms with Crippen LogP contribution in [0.15, 0.2) is 0 Å². The van der Waals surface area contributed by atoms with Gasteiger partial charge in [0.05, 0.1) is 0 Å². The molecular formula is C18H38OP+. The van der Waals surface area contributed by atoms with Crippen LogP contribution < -0.4 is 0 Å². The van der Waals surface area contributed by atoms with Gasteiger partial charge < -0.3 is 0 Å². The van der Waals surface area contributed by atoms with Crippen LogP contribution in [0.5, 0.6) is 0 Å². The van der Waals surface area contributed by atoms with E-state index < -0.39 is 7.80 Å². The molecule has 0 aromatic heterocycles. The van der Waals surface area contributed by atoms with Crippen LogP contribution in [0.4, 0.5) is 0 Å². The molecule has 120 valence electrons. The Hall–Kier alpha value is 0.100. The molecule has 0 aliphatic carbocycles. The van der Waals surface area contributed by atoms with Gasteiger partial charge in [-0.05, 0) is 24.7 Å². The average Bonchev–Trinajstić information content (AvgIpc) is 2.22. The van der Waals surface area contributed by atoms with Gasteiger partial charge in [-0.2, -0.15) is 0 Å². The van der Waals surface area contributed by atoms with Gasteiger partial charge in [-0.25, -0.2) is 0 Å². The minimum atomic E-state index is -1.07. The van der Waals surface area contributed by atoms with Gasteiger partial charge in [0.25, 0.3) is 0 Å². The van der Waals surface area contributed by atoms with Crippen LogP contribution in [-0.2, 0) is 4.57 Å². The molecule has 2 heteroatoms. The molecule has 0 aromatic rings. The summed E-state index contributed by atoms with van der Waals surface area (Å²) >= 11 is 0. The van der Waals surface area contributed by atoms with Gasteiger partial charge in [-0.1, -0.05) is 72.8 Å². The fourth-order valence-electron chi connectivity index (χ4n) is 2.53. The van der Waals surface area contributed by atoms with Crippen LogP contribution >= 0.6 is 7.80 Å². The molecule has 0 spiro atoms. The van der Waals surface area contributed by atoms with Crippen molar-refractivity contribution in [2.24, 2.45) is 22.7 Å². The SMILES string of the molecule is CC(C)CCC(C)(C)C[P+](=O)CC(C)(C)CCC(C)C. The topological polar surface area (TPSA) is 17.1 Å². The summed E-state index contributed by atoms with van der Waals surface area (Å²) in [7, 11) is -1.07. The number of hydrogen-bond acceptors (Lipinski definition) is 1. The second-order valence-electron chi connectivity index (χ2n) is 8.99. The van der Waals surface area contributed by atoms with Crippen molar-refractivity contribution in [3.63, 3.8) is 0 Å². The zero-order valence-corrected chi connectivity index (χ0v) is 16.1. The Bertz CT molecular complexity index is 262. The molecule has 0 bridgehead atoms. The maximum Gasteiger partial charge on any atom is 0.339 e. The second-order valence-corrected chi connectivity index (χ2v) is 10.6. The van der Waals surface area contributed by atoms with E-state index in [4.69, 9.17) is 0 Å². The van der Waals surface area contributed by atoms with Crippen molar-refractivity contribution in [2.75, 3.05) is 12.3 Å². The van der Waals surface area contributed by atoms with Gasteiger partial charge in [0.1, 0.15) is 0 Å². The molecule has 0 atom stereocenters. The van der Waals surface area contributed by atoms with E-state index in [1.54, 1.807) is 0 Å². The summed E-state index contributed by atoms with van der Waals surface area (Å²) in [5, 5.41) is 0. The van der Waals surface area contributed by atoms with Crippen LogP contribution in [-0.4, -0.2) is 12.3 Å². The molecule has 1 nitrogen and oxygen atoms in total. The smallest absolute Gasteiger partial charge is 0.0748 e. The van der Waals surface area contributed by atoms with Crippen molar-refractivity contribution in [1.29, 1.82) is 0 Å². The lowest BCUT2D eigenvalue weighted by Gasteiger charge is -2.24. The molecule has 0 fully saturated rings. The highest BCUT2D eigenvalue weighted by molar-refractivity contribution is 7.44. The lowest BCUT2D eigenvalue weighted by Crippen LogP contribution is -2.20. The predicted molar refractivity (Wildman–Crippen MR) is 93.0 cm³/mol. The third-order valence-electron chi connectivity index (χ3n) is 4.01. The monoisotopic (exact) mass is 301 g/mol. The Morgan fingerprint density at radius 2 is 1.05 bits per heavy atom. The van der Waals surface area contributed by atoms with E-state index >= 15 is 0 Å².